The molecule has 0 radical (unpaired) electrons. The lowest BCUT2D eigenvalue weighted by Crippen LogP contribution is -2.54. The van der Waals surface area contributed by atoms with Gasteiger partial charge in [0.25, 0.3) is 11.8 Å². The summed E-state index contributed by atoms with van der Waals surface area (Å²) in [6, 6.07) is 20.5. The van der Waals surface area contributed by atoms with E-state index in [4.69, 9.17) is 4.74 Å². The normalized spacial score (nSPS) is 15.3. The standard InChI is InChI=1S/C25H20N2O4/c1-2-14-27-24(29)22(23(28)26-25(27)30)15-17-10-12-20(13-11-17)31-16-19-8-5-7-18-6-3-4-9-21(18)19/h2-13,15H,1,14,16H2,(H,26,28,30)/b22-15-. The minimum atomic E-state index is -0.746. The number of ether oxygens (including phenoxy) is 1. The van der Waals surface area contributed by atoms with Crippen molar-refractivity contribution < 1.29 is 19.1 Å². The number of hydrogen-bond acceptors (Lipinski definition) is 4. The second kappa shape index (κ2) is 8.67. The number of imide groups is 2. The molecule has 1 saturated heterocycles. The zero-order valence-corrected chi connectivity index (χ0v) is 16.7. The Morgan fingerprint density at radius 3 is 2.45 bits per heavy atom. The molecule has 4 amide bonds. The highest BCUT2D eigenvalue weighted by atomic mass is 16.5. The first-order valence-electron chi connectivity index (χ1n) is 9.76. The Balaban J connectivity index is 1.49. The quantitative estimate of drug-likeness (QED) is 0.376. The minimum absolute atomic E-state index is 0.0240. The highest BCUT2D eigenvalue weighted by Crippen LogP contribution is 2.22. The van der Waals surface area contributed by atoms with Crippen molar-refractivity contribution >= 4 is 34.7 Å². The third-order valence-corrected chi connectivity index (χ3v) is 4.96. The number of benzene rings is 3. The third kappa shape index (κ3) is 4.23. The molecule has 0 saturated carbocycles. The van der Waals surface area contributed by atoms with Crippen LogP contribution in [0.1, 0.15) is 11.1 Å². The second-order valence-corrected chi connectivity index (χ2v) is 7.02. The summed E-state index contributed by atoms with van der Waals surface area (Å²) < 4.78 is 5.92. The lowest BCUT2D eigenvalue weighted by Gasteiger charge is -2.25. The van der Waals surface area contributed by atoms with E-state index in [1.165, 1.54) is 12.2 Å². The third-order valence-electron chi connectivity index (χ3n) is 4.96. The van der Waals surface area contributed by atoms with Gasteiger partial charge in [-0.2, -0.15) is 0 Å². The molecule has 0 atom stereocenters. The number of carbonyl (C=O) groups is 3. The highest BCUT2D eigenvalue weighted by Gasteiger charge is 2.34. The van der Waals surface area contributed by atoms with Crippen molar-refractivity contribution in [1.82, 2.24) is 10.2 Å². The number of rotatable bonds is 6. The second-order valence-electron chi connectivity index (χ2n) is 7.02. The van der Waals surface area contributed by atoms with E-state index in [0.717, 1.165) is 21.2 Å². The topological polar surface area (TPSA) is 75.7 Å². The monoisotopic (exact) mass is 412 g/mol. The van der Waals surface area contributed by atoms with Gasteiger partial charge in [-0.25, -0.2) is 4.79 Å². The predicted molar refractivity (Wildman–Crippen MR) is 118 cm³/mol. The van der Waals surface area contributed by atoms with Crippen LogP contribution in [-0.2, 0) is 16.2 Å². The summed E-state index contributed by atoms with van der Waals surface area (Å²) in [6.45, 7) is 3.97. The van der Waals surface area contributed by atoms with Gasteiger partial charge in [0.1, 0.15) is 17.9 Å². The van der Waals surface area contributed by atoms with Crippen molar-refractivity contribution in [3.05, 3.63) is 96.1 Å². The van der Waals surface area contributed by atoms with Gasteiger partial charge in [0.05, 0.1) is 0 Å². The number of hydrogen-bond donors (Lipinski definition) is 1. The van der Waals surface area contributed by atoms with Gasteiger partial charge in [-0.15, -0.1) is 6.58 Å². The average molecular weight is 412 g/mol. The smallest absolute Gasteiger partial charge is 0.331 e. The van der Waals surface area contributed by atoms with Gasteiger partial charge >= 0.3 is 6.03 Å². The van der Waals surface area contributed by atoms with Crippen LogP contribution >= 0.6 is 0 Å². The van der Waals surface area contributed by atoms with E-state index >= 15 is 0 Å². The largest absolute Gasteiger partial charge is 0.489 e. The summed E-state index contributed by atoms with van der Waals surface area (Å²) in [6.07, 6.45) is 2.88. The molecular weight excluding hydrogens is 392 g/mol. The van der Waals surface area contributed by atoms with Gasteiger partial charge in [-0.1, -0.05) is 60.7 Å². The Bertz CT molecular complexity index is 1210. The van der Waals surface area contributed by atoms with Crippen LogP contribution in [0.5, 0.6) is 5.75 Å². The van der Waals surface area contributed by atoms with E-state index in [9.17, 15) is 14.4 Å². The maximum absolute atomic E-state index is 12.5. The summed E-state index contributed by atoms with van der Waals surface area (Å²) in [7, 11) is 0. The fourth-order valence-electron chi connectivity index (χ4n) is 3.40. The van der Waals surface area contributed by atoms with Crippen molar-refractivity contribution in [3.8, 4) is 5.75 Å². The van der Waals surface area contributed by atoms with Crippen molar-refractivity contribution in [3.63, 3.8) is 0 Å². The van der Waals surface area contributed by atoms with Gasteiger partial charge in [0.15, 0.2) is 0 Å². The zero-order chi connectivity index (χ0) is 21.8. The molecule has 4 rings (SSSR count). The molecule has 6 nitrogen and oxygen atoms in total. The van der Waals surface area contributed by atoms with Gasteiger partial charge < -0.3 is 4.74 Å². The van der Waals surface area contributed by atoms with Crippen molar-refractivity contribution in [1.29, 1.82) is 0 Å². The maximum Gasteiger partial charge on any atom is 0.331 e. The molecule has 1 heterocycles. The Morgan fingerprint density at radius 2 is 1.68 bits per heavy atom. The van der Waals surface area contributed by atoms with Crippen LogP contribution in [0.4, 0.5) is 4.79 Å². The van der Waals surface area contributed by atoms with Crippen LogP contribution in [0.15, 0.2) is 85.0 Å². The van der Waals surface area contributed by atoms with Gasteiger partial charge in [-0.3, -0.25) is 19.8 Å². The first kappa shape index (κ1) is 20.1. The van der Waals surface area contributed by atoms with Crippen LogP contribution in [-0.4, -0.2) is 29.3 Å². The Kier molecular flexibility index (Phi) is 5.62. The summed E-state index contributed by atoms with van der Waals surface area (Å²) in [5, 5.41) is 4.47. The molecule has 6 heteroatoms. The first-order chi connectivity index (χ1) is 15.1. The lowest BCUT2D eigenvalue weighted by molar-refractivity contribution is -0.129. The van der Waals surface area contributed by atoms with E-state index < -0.39 is 17.8 Å². The molecule has 1 N–H and O–H groups in total. The summed E-state index contributed by atoms with van der Waals surface area (Å²) in [5.41, 5.74) is 1.62. The van der Waals surface area contributed by atoms with E-state index in [2.05, 4.69) is 30.1 Å². The molecule has 0 unspecified atom stereocenters. The van der Waals surface area contributed by atoms with Crippen LogP contribution in [0.2, 0.25) is 0 Å². The van der Waals surface area contributed by atoms with Crippen LogP contribution in [0.25, 0.3) is 16.8 Å². The molecule has 1 fully saturated rings. The first-order valence-corrected chi connectivity index (χ1v) is 9.76. The van der Waals surface area contributed by atoms with Gasteiger partial charge in [0, 0.05) is 6.54 Å². The molecule has 0 aliphatic carbocycles. The fourth-order valence-corrected chi connectivity index (χ4v) is 3.40. The maximum atomic E-state index is 12.5. The molecule has 1 aliphatic heterocycles. The Morgan fingerprint density at radius 1 is 0.935 bits per heavy atom. The predicted octanol–water partition coefficient (Wildman–Crippen LogP) is 4.07. The molecule has 0 spiro atoms. The van der Waals surface area contributed by atoms with Gasteiger partial charge in [0.2, 0.25) is 0 Å². The minimum Gasteiger partial charge on any atom is -0.489 e. The van der Waals surface area contributed by atoms with Crippen LogP contribution in [0, 0.1) is 0 Å². The number of carbonyl (C=O) groups excluding carboxylic acids is 3. The Hall–Kier alpha value is -4.19. The molecule has 154 valence electrons. The molecule has 0 bridgehead atoms. The summed E-state index contributed by atoms with van der Waals surface area (Å²) >= 11 is 0. The van der Waals surface area contributed by atoms with Gasteiger partial charge in [-0.05, 0) is 40.1 Å². The van der Waals surface area contributed by atoms with Crippen molar-refractivity contribution in [2.24, 2.45) is 0 Å². The van der Waals surface area contributed by atoms with Crippen LogP contribution in [0.3, 0.4) is 0 Å². The molecule has 0 aromatic heterocycles. The van der Waals surface area contributed by atoms with Crippen LogP contribution < -0.4 is 10.1 Å². The molecule has 1 aliphatic rings. The van der Waals surface area contributed by atoms with E-state index in [1.807, 2.05) is 24.3 Å². The molecular formula is C25H20N2O4. The number of barbiturate groups is 1. The molecule has 3 aromatic carbocycles. The molecule has 31 heavy (non-hydrogen) atoms. The van der Waals surface area contributed by atoms with E-state index in [-0.39, 0.29) is 12.1 Å². The number of nitrogens with zero attached hydrogens (tertiary/aromatic N) is 1. The molecule has 3 aromatic rings. The highest BCUT2D eigenvalue weighted by molar-refractivity contribution is 6.31. The van der Waals surface area contributed by atoms with Crippen molar-refractivity contribution in [2.75, 3.05) is 6.54 Å². The Labute approximate surface area is 179 Å². The number of urea groups is 1. The van der Waals surface area contributed by atoms with E-state index in [1.54, 1.807) is 24.3 Å². The average Bonchev–Trinajstić information content (AvgIpc) is 2.79. The number of nitrogens with one attached hydrogen (secondary N) is 1. The lowest BCUT2D eigenvalue weighted by atomic mass is 10.1. The van der Waals surface area contributed by atoms with Crippen molar-refractivity contribution in [2.45, 2.75) is 6.61 Å². The number of amides is 4. The fraction of sp³-hybridized carbons (Fsp3) is 0.0800. The summed E-state index contributed by atoms with van der Waals surface area (Å²) in [5.74, 6) is -0.700. The zero-order valence-electron chi connectivity index (χ0n) is 16.7. The van der Waals surface area contributed by atoms with E-state index in [0.29, 0.717) is 17.9 Å². The SMILES string of the molecule is C=CCN1C(=O)NC(=O)/C(=C/c2ccc(OCc3cccc4ccccc34)cc2)C1=O. The number of fused-ring (bicyclic) bond motifs is 1. The summed E-state index contributed by atoms with van der Waals surface area (Å²) in [4.78, 5) is 37.3.